The molecule has 1 amide bonds. The number of amides is 1. The summed E-state index contributed by atoms with van der Waals surface area (Å²) < 4.78 is 18.0. The van der Waals surface area contributed by atoms with Crippen LogP contribution in [0.25, 0.3) is 0 Å². The smallest absolute Gasteiger partial charge is 0.230 e. The van der Waals surface area contributed by atoms with Gasteiger partial charge in [-0.15, -0.1) is 0 Å². The fourth-order valence-electron chi connectivity index (χ4n) is 4.15. The third-order valence-electron chi connectivity index (χ3n) is 6.22. The van der Waals surface area contributed by atoms with E-state index in [1.165, 1.54) is 5.56 Å². The van der Waals surface area contributed by atoms with Gasteiger partial charge in [-0.25, -0.2) is 4.98 Å². The van der Waals surface area contributed by atoms with Gasteiger partial charge in [-0.3, -0.25) is 9.46 Å². The number of carbonyl (C=O) groups is 1. The van der Waals surface area contributed by atoms with E-state index in [1.807, 2.05) is 55.3 Å². The van der Waals surface area contributed by atoms with Gasteiger partial charge in [0.05, 0.1) is 32.7 Å². The fourth-order valence-corrected chi connectivity index (χ4v) is 4.51. The minimum Gasteiger partial charge on any atom is -0.493 e. The maximum Gasteiger partial charge on any atom is 0.230 e. The lowest BCUT2D eigenvalue weighted by Crippen LogP contribution is -2.22. The highest BCUT2D eigenvalue weighted by molar-refractivity contribution is 7.21. The van der Waals surface area contributed by atoms with Gasteiger partial charge in [0.25, 0.3) is 0 Å². The first-order chi connectivity index (χ1) is 17.2. The Morgan fingerprint density at radius 3 is 2.31 bits per heavy atom. The monoisotopic (exact) mass is 510 g/mol. The topological polar surface area (TPSA) is 90.2 Å². The molecule has 36 heavy (non-hydrogen) atoms. The van der Waals surface area contributed by atoms with E-state index in [2.05, 4.69) is 21.3 Å². The van der Waals surface area contributed by atoms with Crippen molar-refractivity contribution in [1.82, 2.24) is 4.98 Å². The van der Waals surface area contributed by atoms with E-state index in [-0.39, 0.29) is 5.91 Å². The maximum atomic E-state index is 13.1. The second-order valence-electron chi connectivity index (χ2n) is 8.38. The predicted molar refractivity (Wildman–Crippen MR) is 149 cm³/mol. The minimum absolute atomic E-state index is 0.0550. The van der Waals surface area contributed by atoms with Gasteiger partial charge < -0.3 is 24.8 Å². The zero-order chi connectivity index (χ0) is 26.4. The molecule has 0 radical (unpaired) electrons. The Bertz CT molecular complexity index is 1210. The number of nitrogen functional groups attached to an aromatic ring is 1. The van der Waals surface area contributed by atoms with E-state index in [1.54, 1.807) is 32.2 Å². The van der Waals surface area contributed by atoms with Crippen molar-refractivity contribution >= 4 is 38.2 Å². The van der Waals surface area contributed by atoms with Crippen LogP contribution in [-0.2, 0) is 17.6 Å². The van der Waals surface area contributed by atoms with E-state index in [0.29, 0.717) is 41.5 Å². The molecule has 2 aromatic carbocycles. The molecule has 1 heterocycles. The number of methoxy groups -OCH3 is 3. The van der Waals surface area contributed by atoms with E-state index < -0.39 is 0 Å². The summed E-state index contributed by atoms with van der Waals surface area (Å²) in [6.07, 6.45) is 3.42. The summed E-state index contributed by atoms with van der Waals surface area (Å²) in [5.41, 5.74) is 11.6. The van der Waals surface area contributed by atoms with Gasteiger partial charge in [-0.1, -0.05) is 13.0 Å². The Hall–Kier alpha value is -3.51. The molecule has 192 valence electrons. The third-order valence-corrected chi connectivity index (χ3v) is 6.79. The van der Waals surface area contributed by atoms with E-state index in [0.717, 1.165) is 29.1 Å². The molecule has 0 aliphatic carbocycles. The zero-order valence-electron chi connectivity index (χ0n) is 21.8. The standard InChI is InChI=1S/C27H35N4O4P/c1-7-18-14-21(28)22(13-17(18)2)31(36)25(32)11-10-19-9-8-12-29-27(19)30(3)20-15-23(33-4)26(35-6)24(16-20)34-5/h8-9,12-16H,7,10-11,28,36H2,1-6H3. The highest BCUT2D eigenvalue weighted by Gasteiger charge is 2.20. The lowest BCUT2D eigenvalue weighted by molar-refractivity contribution is -0.117. The molecular weight excluding hydrogens is 475 g/mol. The number of hydrogen-bond acceptors (Lipinski definition) is 7. The lowest BCUT2D eigenvalue weighted by atomic mass is 10.0. The van der Waals surface area contributed by atoms with E-state index >= 15 is 0 Å². The van der Waals surface area contributed by atoms with Crippen LogP contribution in [-0.4, -0.2) is 39.3 Å². The van der Waals surface area contributed by atoms with Crippen LogP contribution in [0.15, 0.2) is 42.6 Å². The molecule has 9 heteroatoms. The maximum absolute atomic E-state index is 13.1. The lowest BCUT2D eigenvalue weighted by Gasteiger charge is -2.24. The Kier molecular flexibility index (Phi) is 8.99. The van der Waals surface area contributed by atoms with Crippen LogP contribution >= 0.6 is 9.39 Å². The Balaban J connectivity index is 1.83. The van der Waals surface area contributed by atoms with Crippen LogP contribution in [0, 0.1) is 6.92 Å². The molecule has 0 saturated heterocycles. The van der Waals surface area contributed by atoms with Crippen molar-refractivity contribution in [1.29, 1.82) is 0 Å². The number of rotatable bonds is 10. The number of aryl methyl sites for hydroxylation is 3. The van der Waals surface area contributed by atoms with Crippen molar-refractivity contribution < 1.29 is 19.0 Å². The summed E-state index contributed by atoms with van der Waals surface area (Å²) in [6, 6.07) is 11.5. The Morgan fingerprint density at radius 1 is 1.06 bits per heavy atom. The second-order valence-corrected chi connectivity index (χ2v) is 8.90. The molecule has 3 rings (SSSR count). The van der Waals surface area contributed by atoms with Crippen molar-refractivity contribution in [3.63, 3.8) is 0 Å². The van der Waals surface area contributed by atoms with Crippen molar-refractivity contribution in [2.45, 2.75) is 33.1 Å². The number of benzene rings is 2. The number of nitrogens with zero attached hydrogens (tertiary/aromatic N) is 3. The minimum atomic E-state index is -0.0550. The van der Waals surface area contributed by atoms with E-state index in [9.17, 15) is 4.79 Å². The van der Waals surface area contributed by atoms with Gasteiger partial charge >= 0.3 is 0 Å². The number of anilines is 4. The molecule has 3 aromatic rings. The van der Waals surface area contributed by atoms with Crippen molar-refractivity contribution in [2.24, 2.45) is 0 Å². The number of ether oxygens (including phenoxy) is 3. The SMILES string of the molecule is CCc1cc(N)c(N(P)C(=O)CCc2cccnc2N(C)c2cc(OC)c(OC)c(OC)c2)cc1C. The molecule has 0 aliphatic rings. The van der Waals surface area contributed by atoms with Gasteiger partial charge in [-0.2, -0.15) is 0 Å². The van der Waals surface area contributed by atoms with Crippen LogP contribution < -0.4 is 29.5 Å². The molecule has 0 bridgehead atoms. The van der Waals surface area contributed by atoms with Crippen molar-refractivity contribution in [3.05, 3.63) is 59.3 Å². The van der Waals surface area contributed by atoms with Gasteiger partial charge in [0.15, 0.2) is 11.5 Å². The summed E-state index contributed by atoms with van der Waals surface area (Å²) >= 11 is 0. The normalized spacial score (nSPS) is 10.6. The van der Waals surface area contributed by atoms with Crippen LogP contribution in [0.2, 0.25) is 0 Å². The van der Waals surface area contributed by atoms with E-state index in [4.69, 9.17) is 19.9 Å². The Labute approximate surface area is 215 Å². The van der Waals surface area contributed by atoms with Gasteiger partial charge in [0, 0.05) is 37.5 Å². The molecule has 1 aromatic heterocycles. The summed E-state index contributed by atoms with van der Waals surface area (Å²) in [5, 5.41) is 0. The average Bonchev–Trinajstić information content (AvgIpc) is 2.90. The molecule has 0 fully saturated rings. The first kappa shape index (κ1) is 27.1. The summed E-state index contributed by atoms with van der Waals surface area (Å²) in [5.74, 6) is 2.29. The first-order valence-corrected chi connectivity index (χ1v) is 12.2. The molecule has 0 spiro atoms. The zero-order valence-corrected chi connectivity index (χ0v) is 22.9. The predicted octanol–water partition coefficient (Wildman–Crippen LogP) is 5.08. The second kappa shape index (κ2) is 12.0. The van der Waals surface area contributed by atoms with Crippen molar-refractivity contribution in [3.8, 4) is 17.2 Å². The highest BCUT2D eigenvalue weighted by atomic mass is 31.0. The molecule has 2 N–H and O–H groups in total. The largest absolute Gasteiger partial charge is 0.493 e. The van der Waals surface area contributed by atoms with Crippen LogP contribution in [0.1, 0.15) is 30.0 Å². The molecular formula is C27H35N4O4P. The molecule has 0 saturated carbocycles. The van der Waals surface area contributed by atoms with Gasteiger partial charge in [-0.05, 0) is 64.0 Å². The number of nitrogens with two attached hydrogens (primary N) is 1. The molecule has 8 nitrogen and oxygen atoms in total. The number of carbonyl (C=O) groups excluding carboxylic acids is 1. The fraction of sp³-hybridized carbons (Fsp3) is 0.333. The average molecular weight is 511 g/mol. The number of hydrogen-bond donors (Lipinski definition) is 1. The van der Waals surface area contributed by atoms with Crippen LogP contribution in [0.3, 0.4) is 0 Å². The molecule has 0 aliphatic heterocycles. The summed E-state index contributed by atoms with van der Waals surface area (Å²) in [6.45, 7) is 4.12. The first-order valence-electron chi connectivity index (χ1n) is 11.7. The summed E-state index contributed by atoms with van der Waals surface area (Å²) in [4.78, 5) is 19.6. The summed E-state index contributed by atoms with van der Waals surface area (Å²) in [7, 11) is 9.15. The van der Waals surface area contributed by atoms with Gasteiger partial charge in [0.1, 0.15) is 5.82 Å². The highest BCUT2D eigenvalue weighted by Crippen LogP contribution is 2.42. The molecule has 1 unspecified atom stereocenters. The number of aromatic nitrogens is 1. The van der Waals surface area contributed by atoms with Crippen molar-refractivity contribution in [2.75, 3.05) is 43.7 Å². The van der Waals surface area contributed by atoms with Crippen LogP contribution in [0.4, 0.5) is 22.9 Å². The van der Waals surface area contributed by atoms with Crippen LogP contribution in [0.5, 0.6) is 17.2 Å². The number of pyridine rings is 1. The van der Waals surface area contributed by atoms with Gasteiger partial charge in [0.2, 0.25) is 11.7 Å². The molecule has 1 atom stereocenters. The third kappa shape index (κ3) is 5.65. The Morgan fingerprint density at radius 2 is 1.72 bits per heavy atom. The quantitative estimate of drug-likeness (QED) is 0.300.